The maximum absolute atomic E-state index is 2.37. The first kappa shape index (κ1) is 9.57. The molecule has 1 heterocycles. The van der Waals surface area contributed by atoms with E-state index in [0.29, 0.717) is 0 Å². The van der Waals surface area contributed by atoms with E-state index in [-0.39, 0.29) is 5.41 Å². The van der Waals surface area contributed by atoms with E-state index in [1.54, 1.807) is 0 Å². The molecule has 0 radical (unpaired) electrons. The van der Waals surface area contributed by atoms with E-state index >= 15 is 0 Å². The lowest BCUT2D eigenvalue weighted by atomic mass is 9.92. The van der Waals surface area contributed by atoms with Gasteiger partial charge in [-0.1, -0.05) is 32.9 Å². The fourth-order valence-electron chi connectivity index (χ4n) is 2.27. The molecular weight excluding hydrogens is 170 g/mol. The Labute approximate surface area is 86.4 Å². The van der Waals surface area contributed by atoms with Crippen molar-refractivity contribution in [2.24, 2.45) is 7.05 Å². The molecular formula is C13H19N. The molecule has 0 fully saturated rings. The Kier molecular flexibility index (Phi) is 2.06. The van der Waals surface area contributed by atoms with Crippen molar-refractivity contribution in [1.29, 1.82) is 0 Å². The molecule has 1 aromatic rings. The minimum Gasteiger partial charge on any atom is -0.350 e. The lowest BCUT2D eigenvalue weighted by Gasteiger charge is -2.20. The van der Waals surface area contributed by atoms with Crippen LogP contribution in [-0.2, 0) is 18.9 Å². The molecule has 0 saturated heterocycles. The van der Waals surface area contributed by atoms with Crippen LogP contribution in [0.1, 0.15) is 44.1 Å². The summed E-state index contributed by atoms with van der Waals surface area (Å²) >= 11 is 0. The van der Waals surface area contributed by atoms with E-state index in [1.807, 2.05) is 0 Å². The van der Waals surface area contributed by atoms with Crippen molar-refractivity contribution in [2.45, 2.75) is 39.0 Å². The van der Waals surface area contributed by atoms with Crippen molar-refractivity contribution >= 4 is 6.08 Å². The Morgan fingerprint density at radius 3 is 2.57 bits per heavy atom. The van der Waals surface area contributed by atoms with Gasteiger partial charge in [0.1, 0.15) is 0 Å². The summed E-state index contributed by atoms with van der Waals surface area (Å²) in [6.45, 7) is 6.83. The fourth-order valence-corrected chi connectivity index (χ4v) is 2.27. The Morgan fingerprint density at radius 1 is 1.29 bits per heavy atom. The van der Waals surface area contributed by atoms with Gasteiger partial charge in [0.15, 0.2) is 0 Å². The van der Waals surface area contributed by atoms with E-state index in [0.717, 1.165) is 0 Å². The van der Waals surface area contributed by atoms with Crippen molar-refractivity contribution in [3.8, 4) is 0 Å². The zero-order valence-electron chi connectivity index (χ0n) is 9.59. The number of hydrogen-bond acceptors (Lipinski definition) is 0. The topological polar surface area (TPSA) is 4.93 Å². The van der Waals surface area contributed by atoms with Gasteiger partial charge >= 0.3 is 0 Å². The molecule has 1 heteroatoms. The normalized spacial score (nSPS) is 15.7. The fraction of sp³-hybridized carbons (Fsp3) is 0.538. The molecule has 1 aliphatic carbocycles. The average molecular weight is 189 g/mol. The summed E-state index contributed by atoms with van der Waals surface area (Å²) in [5.41, 5.74) is 4.61. The van der Waals surface area contributed by atoms with Crippen LogP contribution in [0.4, 0.5) is 0 Å². The molecule has 76 valence electrons. The monoisotopic (exact) mass is 189 g/mol. The minimum absolute atomic E-state index is 0.250. The summed E-state index contributed by atoms with van der Waals surface area (Å²) in [4.78, 5) is 0. The van der Waals surface area contributed by atoms with E-state index in [4.69, 9.17) is 0 Å². The van der Waals surface area contributed by atoms with Crippen LogP contribution in [0.25, 0.3) is 6.08 Å². The molecule has 0 aliphatic heterocycles. The molecule has 0 spiro atoms. The third kappa shape index (κ3) is 1.41. The molecule has 0 saturated carbocycles. The van der Waals surface area contributed by atoms with Crippen LogP contribution in [-0.4, -0.2) is 4.57 Å². The molecule has 0 unspecified atom stereocenters. The zero-order valence-corrected chi connectivity index (χ0v) is 9.59. The van der Waals surface area contributed by atoms with Gasteiger partial charge in [-0.3, -0.25) is 0 Å². The lowest BCUT2D eigenvalue weighted by Crippen LogP contribution is -2.16. The number of aromatic nitrogens is 1. The third-order valence-corrected chi connectivity index (χ3v) is 3.01. The van der Waals surface area contributed by atoms with E-state index in [9.17, 15) is 0 Å². The summed E-state index contributed by atoms with van der Waals surface area (Å²) in [6.07, 6.45) is 6.91. The van der Waals surface area contributed by atoms with Crippen molar-refractivity contribution in [2.75, 3.05) is 0 Å². The van der Waals surface area contributed by atoms with E-state index in [2.05, 4.69) is 50.6 Å². The summed E-state index contributed by atoms with van der Waals surface area (Å²) in [7, 11) is 2.19. The van der Waals surface area contributed by atoms with Crippen molar-refractivity contribution in [1.82, 2.24) is 4.57 Å². The van der Waals surface area contributed by atoms with Crippen molar-refractivity contribution in [3.63, 3.8) is 0 Å². The van der Waals surface area contributed by atoms with Crippen LogP contribution in [0.2, 0.25) is 0 Å². The lowest BCUT2D eigenvalue weighted by molar-refractivity contribution is 0.536. The van der Waals surface area contributed by atoms with Crippen molar-refractivity contribution < 1.29 is 0 Å². The van der Waals surface area contributed by atoms with Gasteiger partial charge in [-0.15, -0.1) is 0 Å². The molecule has 14 heavy (non-hydrogen) atoms. The number of allylic oxidation sites excluding steroid dienone is 1. The molecule has 0 N–H and O–H groups in total. The third-order valence-electron chi connectivity index (χ3n) is 3.01. The highest BCUT2D eigenvalue weighted by atomic mass is 15.0. The van der Waals surface area contributed by atoms with Gasteiger partial charge in [-0.25, -0.2) is 0 Å². The first-order chi connectivity index (χ1) is 6.50. The van der Waals surface area contributed by atoms with Gasteiger partial charge in [-0.05, 0) is 24.5 Å². The van der Waals surface area contributed by atoms with Gasteiger partial charge in [-0.2, -0.15) is 0 Å². The summed E-state index contributed by atoms with van der Waals surface area (Å²) in [5.74, 6) is 0. The first-order valence-corrected chi connectivity index (χ1v) is 5.36. The molecule has 0 bridgehead atoms. The second-order valence-electron chi connectivity index (χ2n) is 5.18. The minimum atomic E-state index is 0.250. The highest BCUT2D eigenvalue weighted by Crippen LogP contribution is 2.29. The highest BCUT2D eigenvalue weighted by Gasteiger charge is 2.21. The quantitative estimate of drug-likeness (QED) is 0.590. The van der Waals surface area contributed by atoms with Gasteiger partial charge in [0.05, 0.1) is 0 Å². The molecule has 0 amide bonds. The predicted octanol–water partition coefficient (Wildman–Crippen LogP) is 3.28. The van der Waals surface area contributed by atoms with Crippen LogP contribution in [0.3, 0.4) is 0 Å². The molecule has 0 atom stereocenters. The smallest absolute Gasteiger partial charge is 0.0250 e. The summed E-state index contributed by atoms with van der Waals surface area (Å²) in [5, 5.41) is 0. The average Bonchev–Trinajstić information content (AvgIpc) is 2.44. The number of fused-ring (bicyclic) bond motifs is 1. The van der Waals surface area contributed by atoms with Gasteiger partial charge < -0.3 is 4.57 Å². The molecule has 2 rings (SSSR count). The molecule has 1 aromatic heterocycles. The van der Waals surface area contributed by atoms with Gasteiger partial charge in [0, 0.05) is 23.9 Å². The van der Waals surface area contributed by atoms with Crippen LogP contribution >= 0.6 is 0 Å². The Morgan fingerprint density at radius 2 is 2.00 bits per heavy atom. The first-order valence-electron chi connectivity index (χ1n) is 5.36. The Bertz CT molecular complexity index is 375. The second kappa shape index (κ2) is 3.01. The molecule has 1 aliphatic rings. The highest BCUT2D eigenvalue weighted by molar-refractivity contribution is 5.57. The standard InChI is InChI=1S/C13H19N/c1-13(2,3)12-9-10-7-5-6-8-11(10)14(12)4/h5,7,9H,6,8H2,1-4H3. The number of nitrogens with zero attached hydrogens (tertiary/aromatic N) is 1. The van der Waals surface area contributed by atoms with Gasteiger partial charge in [0.25, 0.3) is 0 Å². The van der Waals surface area contributed by atoms with Gasteiger partial charge in [0.2, 0.25) is 0 Å². The predicted molar refractivity (Wildman–Crippen MR) is 61.5 cm³/mol. The van der Waals surface area contributed by atoms with Crippen LogP contribution in [0.5, 0.6) is 0 Å². The van der Waals surface area contributed by atoms with Crippen LogP contribution in [0.15, 0.2) is 12.1 Å². The molecule has 0 aromatic carbocycles. The van der Waals surface area contributed by atoms with E-state index in [1.165, 1.54) is 29.8 Å². The van der Waals surface area contributed by atoms with Crippen molar-refractivity contribution in [3.05, 3.63) is 29.1 Å². The molecule has 1 nitrogen and oxygen atoms in total. The summed E-state index contributed by atoms with van der Waals surface area (Å²) < 4.78 is 2.37. The Balaban J connectivity index is 2.55. The summed E-state index contributed by atoms with van der Waals surface area (Å²) in [6, 6.07) is 2.34. The number of hydrogen-bond donors (Lipinski definition) is 0. The Hall–Kier alpha value is -0.980. The van der Waals surface area contributed by atoms with Crippen LogP contribution in [0, 0.1) is 0 Å². The number of rotatable bonds is 0. The maximum Gasteiger partial charge on any atom is 0.0250 e. The largest absolute Gasteiger partial charge is 0.350 e. The van der Waals surface area contributed by atoms with Crippen LogP contribution < -0.4 is 0 Å². The SMILES string of the molecule is Cn1c(C(C)(C)C)cc2c1CCC=C2. The zero-order chi connectivity index (χ0) is 10.3. The second-order valence-corrected chi connectivity index (χ2v) is 5.18. The maximum atomic E-state index is 2.37. The van der Waals surface area contributed by atoms with E-state index < -0.39 is 0 Å².